The highest BCUT2D eigenvalue weighted by molar-refractivity contribution is 14.1. The number of rotatable bonds is 5. The average molecular weight is 522 g/mol. The summed E-state index contributed by atoms with van der Waals surface area (Å²) < 4.78 is 28.9. The summed E-state index contributed by atoms with van der Waals surface area (Å²) in [6.45, 7) is 0.622. The third kappa shape index (κ3) is 4.32. The molecule has 1 aromatic carbocycles. The summed E-state index contributed by atoms with van der Waals surface area (Å²) in [6.07, 6.45) is 0. The first-order valence-electron chi connectivity index (χ1n) is 5.74. The van der Waals surface area contributed by atoms with Crippen molar-refractivity contribution in [3.63, 3.8) is 0 Å². The highest BCUT2D eigenvalue weighted by atomic mass is 127. The van der Waals surface area contributed by atoms with Gasteiger partial charge in [-0.05, 0) is 69.8 Å². The largest absolute Gasteiger partial charge is 0.315 e. The lowest BCUT2D eigenvalue weighted by Crippen LogP contribution is -2.13. The minimum absolute atomic E-state index is 0.239. The van der Waals surface area contributed by atoms with Gasteiger partial charge in [-0.25, -0.2) is 8.42 Å². The van der Waals surface area contributed by atoms with Crippen molar-refractivity contribution in [1.29, 1.82) is 0 Å². The minimum Gasteiger partial charge on any atom is -0.315 e. The number of sulfonamides is 1. The highest BCUT2D eigenvalue weighted by Crippen LogP contribution is 2.33. The summed E-state index contributed by atoms with van der Waals surface area (Å²) in [4.78, 5) is 1.18. The first kappa shape index (κ1) is 17.5. The molecule has 1 heterocycles. The van der Waals surface area contributed by atoms with Crippen LogP contribution >= 0.6 is 61.5 Å². The molecule has 114 valence electrons. The lowest BCUT2D eigenvalue weighted by Gasteiger charge is -2.09. The normalized spacial score (nSPS) is 11.6. The van der Waals surface area contributed by atoms with Crippen LogP contribution in [0, 0.1) is 3.57 Å². The van der Waals surface area contributed by atoms with Crippen molar-refractivity contribution in [2.24, 2.45) is 0 Å². The van der Waals surface area contributed by atoms with E-state index in [0.29, 0.717) is 21.0 Å². The number of thiophene rings is 1. The van der Waals surface area contributed by atoms with E-state index in [0.717, 1.165) is 8.45 Å². The molecule has 0 saturated heterocycles. The van der Waals surface area contributed by atoms with Crippen molar-refractivity contribution < 1.29 is 8.42 Å². The van der Waals surface area contributed by atoms with E-state index in [-0.39, 0.29) is 4.90 Å². The van der Waals surface area contributed by atoms with E-state index in [1.165, 1.54) is 11.3 Å². The van der Waals surface area contributed by atoms with E-state index in [1.807, 2.05) is 29.6 Å². The van der Waals surface area contributed by atoms with Gasteiger partial charge in [0.05, 0.1) is 9.47 Å². The van der Waals surface area contributed by atoms with Crippen LogP contribution in [-0.4, -0.2) is 15.5 Å². The number of anilines is 1. The molecule has 1 aromatic heterocycles. The second kappa shape index (κ2) is 7.14. The fourth-order valence-corrected chi connectivity index (χ4v) is 6.58. The van der Waals surface area contributed by atoms with Gasteiger partial charge in [-0.3, -0.25) is 4.72 Å². The van der Waals surface area contributed by atoms with Crippen molar-refractivity contribution in [3.05, 3.63) is 41.5 Å². The number of hydrogen-bond donors (Lipinski definition) is 2. The molecule has 0 aliphatic rings. The highest BCUT2D eigenvalue weighted by Gasteiger charge is 2.21. The Balaban J connectivity index is 2.34. The summed E-state index contributed by atoms with van der Waals surface area (Å²) in [5.74, 6) is 0. The Morgan fingerprint density at radius 2 is 2.10 bits per heavy atom. The number of nitrogens with one attached hydrogen (secondary N) is 2. The standard InChI is InChI=1S/C12H11BrClIN2O2S2/c1-16-6-8-5-11(12(13)20-8)21(18,19)17-10-3-2-7(14)4-9(10)15/h2-5,16-17H,6H2,1H3. The average Bonchev–Trinajstić information content (AvgIpc) is 2.75. The Bertz CT molecular complexity index is 765. The maximum Gasteiger partial charge on any atom is 0.263 e. The SMILES string of the molecule is CNCc1cc(S(=O)(=O)Nc2ccc(Cl)cc2I)c(Br)s1. The predicted octanol–water partition coefficient (Wildman–Crippen LogP) is 4.29. The topological polar surface area (TPSA) is 58.2 Å². The zero-order chi connectivity index (χ0) is 15.6. The van der Waals surface area contributed by atoms with Crippen molar-refractivity contribution in [2.45, 2.75) is 11.4 Å². The van der Waals surface area contributed by atoms with Crippen molar-refractivity contribution in [2.75, 3.05) is 11.8 Å². The van der Waals surface area contributed by atoms with Crippen LogP contribution in [0.1, 0.15) is 4.88 Å². The van der Waals surface area contributed by atoms with Gasteiger partial charge in [0.1, 0.15) is 4.90 Å². The van der Waals surface area contributed by atoms with Crippen LogP contribution < -0.4 is 10.0 Å². The quantitative estimate of drug-likeness (QED) is 0.578. The smallest absolute Gasteiger partial charge is 0.263 e. The van der Waals surface area contributed by atoms with E-state index in [9.17, 15) is 8.42 Å². The molecule has 4 nitrogen and oxygen atoms in total. The molecule has 0 saturated carbocycles. The van der Waals surface area contributed by atoms with E-state index in [2.05, 4.69) is 26.0 Å². The minimum atomic E-state index is -3.64. The van der Waals surface area contributed by atoms with Crippen molar-refractivity contribution in [3.8, 4) is 0 Å². The number of hydrogen-bond acceptors (Lipinski definition) is 4. The van der Waals surface area contributed by atoms with Gasteiger partial charge in [0.15, 0.2) is 0 Å². The molecule has 2 aromatic rings. The zero-order valence-corrected chi connectivity index (χ0v) is 16.9. The van der Waals surface area contributed by atoms with Gasteiger partial charge in [-0.1, -0.05) is 11.6 Å². The fraction of sp³-hybridized carbons (Fsp3) is 0.167. The Kier molecular flexibility index (Phi) is 5.94. The van der Waals surface area contributed by atoms with Crippen molar-refractivity contribution in [1.82, 2.24) is 5.32 Å². The summed E-state index contributed by atoms with van der Waals surface area (Å²) in [7, 11) is -1.82. The predicted molar refractivity (Wildman–Crippen MR) is 99.8 cm³/mol. The first-order chi connectivity index (χ1) is 9.83. The van der Waals surface area contributed by atoms with Crippen LogP contribution in [0.5, 0.6) is 0 Å². The molecule has 2 N–H and O–H groups in total. The fourth-order valence-electron chi connectivity index (χ4n) is 1.61. The van der Waals surface area contributed by atoms with Gasteiger partial charge < -0.3 is 5.32 Å². The molecule has 0 unspecified atom stereocenters. The van der Waals surface area contributed by atoms with Gasteiger partial charge in [-0.2, -0.15) is 0 Å². The molecule has 21 heavy (non-hydrogen) atoms. The molecule has 0 aliphatic carbocycles. The molecule has 9 heteroatoms. The molecule has 0 bridgehead atoms. The molecule has 2 rings (SSSR count). The number of halogens is 3. The summed E-state index contributed by atoms with van der Waals surface area (Å²) >= 11 is 12.6. The van der Waals surface area contributed by atoms with Gasteiger partial charge in [0.2, 0.25) is 0 Å². The van der Waals surface area contributed by atoms with E-state index < -0.39 is 10.0 Å². The van der Waals surface area contributed by atoms with Crippen LogP contribution in [0.3, 0.4) is 0 Å². The molecular formula is C12H11BrClIN2O2S2. The lowest BCUT2D eigenvalue weighted by molar-refractivity contribution is 0.601. The second-order valence-electron chi connectivity index (χ2n) is 4.11. The number of benzene rings is 1. The lowest BCUT2D eigenvalue weighted by atomic mass is 10.3. The Morgan fingerprint density at radius 3 is 2.71 bits per heavy atom. The van der Waals surface area contributed by atoms with Crippen LogP contribution in [0.4, 0.5) is 5.69 Å². The summed E-state index contributed by atoms with van der Waals surface area (Å²) in [5, 5.41) is 3.56. The van der Waals surface area contributed by atoms with Gasteiger partial charge in [0, 0.05) is 20.0 Å². The van der Waals surface area contributed by atoms with Gasteiger partial charge >= 0.3 is 0 Å². The van der Waals surface area contributed by atoms with Crippen molar-refractivity contribution >= 4 is 77.2 Å². The molecular weight excluding hydrogens is 511 g/mol. The maximum absolute atomic E-state index is 12.5. The van der Waals surface area contributed by atoms with Crippen LogP contribution in [0.25, 0.3) is 0 Å². The monoisotopic (exact) mass is 520 g/mol. The van der Waals surface area contributed by atoms with Crippen LogP contribution in [0.2, 0.25) is 5.02 Å². The van der Waals surface area contributed by atoms with E-state index in [4.69, 9.17) is 11.6 Å². The van der Waals surface area contributed by atoms with Gasteiger partial charge in [-0.15, -0.1) is 11.3 Å². The third-order valence-electron chi connectivity index (χ3n) is 2.52. The Hall–Kier alpha value is 0.130. The van der Waals surface area contributed by atoms with Crippen LogP contribution in [-0.2, 0) is 16.6 Å². The first-order valence-corrected chi connectivity index (χ1v) is 10.3. The van der Waals surface area contributed by atoms with Gasteiger partial charge in [0.25, 0.3) is 10.0 Å². The van der Waals surface area contributed by atoms with E-state index >= 15 is 0 Å². The molecule has 0 spiro atoms. The second-order valence-corrected chi connectivity index (χ2v) is 9.81. The zero-order valence-electron chi connectivity index (χ0n) is 10.8. The Morgan fingerprint density at radius 1 is 1.38 bits per heavy atom. The molecule has 0 fully saturated rings. The third-order valence-corrected chi connectivity index (χ3v) is 7.27. The molecule has 0 amide bonds. The maximum atomic E-state index is 12.5. The molecule has 0 radical (unpaired) electrons. The summed E-state index contributed by atoms with van der Waals surface area (Å²) in [6, 6.07) is 6.67. The van der Waals surface area contributed by atoms with E-state index in [1.54, 1.807) is 24.3 Å². The molecule has 0 atom stereocenters. The summed E-state index contributed by atoms with van der Waals surface area (Å²) in [5.41, 5.74) is 0.508. The van der Waals surface area contributed by atoms with Crippen LogP contribution in [0.15, 0.2) is 32.9 Å². The molecule has 0 aliphatic heterocycles. The Labute approximate surface area is 154 Å².